The Hall–Kier alpha value is -2.84. The number of nitrogens with zero attached hydrogens (tertiary/aromatic N) is 1. The van der Waals surface area contributed by atoms with Crippen LogP contribution >= 0.6 is 11.6 Å². The average Bonchev–Trinajstić information content (AvgIpc) is 3.27. The van der Waals surface area contributed by atoms with Gasteiger partial charge in [0.1, 0.15) is 23.5 Å². The average molecular weight is 517 g/mol. The zero-order chi connectivity index (χ0) is 25.6. The van der Waals surface area contributed by atoms with Gasteiger partial charge in [-0.15, -0.1) is 0 Å². The lowest BCUT2D eigenvalue weighted by atomic mass is 9.65. The normalized spacial score (nSPS) is 24.9. The molecule has 4 atom stereocenters. The number of carbonyl (C=O) groups excluding carboxylic acids is 2. The first-order valence-corrected chi connectivity index (χ1v) is 12.7. The van der Waals surface area contributed by atoms with Gasteiger partial charge in [-0.1, -0.05) is 30.5 Å². The molecule has 3 aliphatic rings. The predicted molar refractivity (Wildman–Crippen MR) is 130 cm³/mol. The number of aliphatic carboxylic acids is 1. The fourth-order valence-electron chi connectivity index (χ4n) is 6.39. The number of benzene rings is 2. The second-order valence-electron chi connectivity index (χ2n) is 10.1. The number of hydrogen-bond acceptors (Lipinski definition) is 4. The van der Waals surface area contributed by atoms with E-state index in [1.165, 1.54) is 4.90 Å². The van der Waals surface area contributed by atoms with Crippen molar-refractivity contribution in [2.75, 3.05) is 4.90 Å². The molecule has 2 saturated carbocycles. The van der Waals surface area contributed by atoms with Gasteiger partial charge in [-0.2, -0.15) is 0 Å². The monoisotopic (exact) mass is 516 g/mol. The molecular weight excluding hydrogens is 490 g/mol. The molecule has 1 amide bonds. The molecule has 2 fully saturated rings. The van der Waals surface area contributed by atoms with E-state index in [1.54, 1.807) is 18.2 Å². The van der Waals surface area contributed by atoms with E-state index >= 15 is 0 Å². The zero-order valence-electron chi connectivity index (χ0n) is 19.6. The number of carboxylic acids is 1. The van der Waals surface area contributed by atoms with Crippen LogP contribution in [0.2, 0.25) is 5.02 Å². The Labute approximate surface area is 212 Å². The Kier molecular flexibility index (Phi) is 6.59. The molecule has 0 saturated heterocycles. The van der Waals surface area contributed by atoms with E-state index in [0.717, 1.165) is 37.8 Å². The van der Waals surface area contributed by atoms with Gasteiger partial charge < -0.3 is 14.8 Å². The SMILES string of the molecule is O=CCC(NC1CCC1)(C(=O)O)C1c2ccc(Cl)cc2N(C(=O)c2cc(F)cc(F)c2)C2CCCC21. The van der Waals surface area contributed by atoms with Crippen LogP contribution in [0.4, 0.5) is 14.5 Å². The minimum atomic E-state index is -1.55. The van der Waals surface area contributed by atoms with E-state index in [-0.39, 0.29) is 23.9 Å². The van der Waals surface area contributed by atoms with Gasteiger partial charge in [0.25, 0.3) is 5.91 Å². The highest BCUT2D eigenvalue weighted by Gasteiger charge is 2.57. The Morgan fingerprint density at radius 1 is 1.08 bits per heavy atom. The van der Waals surface area contributed by atoms with E-state index in [0.29, 0.717) is 41.5 Å². The van der Waals surface area contributed by atoms with Gasteiger partial charge in [0.2, 0.25) is 0 Å². The van der Waals surface area contributed by atoms with Gasteiger partial charge in [-0.05, 0) is 61.4 Å². The summed E-state index contributed by atoms with van der Waals surface area (Å²) in [4.78, 5) is 40.1. The van der Waals surface area contributed by atoms with Crippen LogP contribution in [0.3, 0.4) is 0 Å². The van der Waals surface area contributed by atoms with Crippen LogP contribution in [0.5, 0.6) is 0 Å². The Balaban J connectivity index is 1.68. The highest BCUT2D eigenvalue weighted by Crippen LogP contribution is 2.54. The van der Waals surface area contributed by atoms with Crippen LogP contribution in [-0.2, 0) is 9.59 Å². The molecular formula is C27H27ClF2N2O4. The number of halogens is 3. The smallest absolute Gasteiger partial charge is 0.325 e. The minimum Gasteiger partial charge on any atom is -0.480 e. The fourth-order valence-corrected chi connectivity index (χ4v) is 6.56. The lowest BCUT2D eigenvalue weighted by molar-refractivity contribution is -0.149. The molecule has 5 rings (SSSR count). The van der Waals surface area contributed by atoms with Crippen LogP contribution in [0.25, 0.3) is 0 Å². The summed E-state index contributed by atoms with van der Waals surface area (Å²) in [6, 6.07) is 7.25. The van der Waals surface area contributed by atoms with Crippen molar-refractivity contribution in [2.24, 2.45) is 5.92 Å². The van der Waals surface area contributed by atoms with Crippen molar-refractivity contribution in [3.63, 3.8) is 0 Å². The van der Waals surface area contributed by atoms with E-state index in [4.69, 9.17) is 11.6 Å². The molecule has 1 aliphatic heterocycles. The fraction of sp³-hybridized carbons (Fsp3) is 0.444. The van der Waals surface area contributed by atoms with Crippen molar-refractivity contribution >= 4 is 35.5 Å². The lowest BCUT2D eigenvalue weighted by Crippen LogP contribution is -2.65. The number of aldehydes is 1. The highest BCUT2D eigenvalue weighted by molar-refractivity contribution is 6.31. The summed E-state index contributed by atoms with van der Waals surface area (Å²) < 4.78 is 28.0. The molecule has 2 aromatic rings. The lowest BCUT2D eigenvalue weighted by Gasteiger charge is -2.51. The van der Waals surface area contributed by atoms with Crippen molar-refractivity contribution in [1.82, 2.24) is 5.32 Å². The summed E-state index contributed by atoms with van der Waals surface area (Å²) in [6.45, 7) is 0. The summed E-state index contributed by atoms with van der Waals surface area (Å²) in [5.41, 5.74) is -0.684. The van der Waals surface area contributed by atoms with Crippen molar-refractivity contribution in [1.29, 1.82) is 0 Å². The number of rotatable bonds is 7. The summed E-state index contributed by atoms with van der Waals surface area (Å²) in [6.07, 6.45) is 5.06. The van der Waals surface area contributed by atoms with Crippen molar-refractivity contribution in [3.8, 4) is 0 Å². The summed E-state index contributed by atoms with van der Waals surface area (Å²) in [7, 11) is 0. The molecule has 36 heavy (non-hydrogen) atoms. The van der Waals surface area contributed by atoms with Crippen LogP contribution in [0, 0.1) is 17.6 Å². The van der Waals surface area contributed by atoms with Crippen LogP contribution in [0.15, 0.2) is 36.4 Å². The van der Waals surface area contributed by atoms with E-state index in [2.05, 4.69) is 5.32 Å². The van der Waals surface area contributed by atoms with Crippen molar-refractivity contribution < 1.29 is 28.3 Å². The zero-order valence-corrected chi connectivity index (χ0v) is 20.3. The molecule has 0 radical (unpaired) electrons. The molecule has 2 aliphatic carbocycles. The maximum atomic E-state index is 14.0. The van der Waals surface area contributed by atoms with Gasteiger partial charge in [0, 0.05) is 46.8 Å². The standard InChI is InChI=1S/C27H27ClF2N2O4/c28-16-7-8-21-23(13-16)32(25(34)15-11-17(29)14-18(30)12-15)22-6-2-5-20(22)24(21)27(9-10-33,26(35)36)31-19-3-1-4-19/h7-8,10-14,19-20,22,24,31H,1-6,9H2,(H,35,36). The molecule has 1 heterocycles. The number of carbonyl (C=O) groups is 3. The number of nitrogens with one attached hydrogen (secondary N) is 1. The van der Waals surface area contributed by atoms with Crippen LogP contribution in [-0.4, -0.2) is 40.9 Å². The third-order valence-corrected chi connectivity index (χ3v) is 8.33. The van der Waals surface area contributed by atoms with Crippen LogP contribution < -0.4 is 10.2 Å². The minimum absolute atomic E-state index is 0.00779. The molecule has 6 nitrogen and oxygen atoms in total. The van der Waals surface area contributed by atoms with E-state index < -0.39 is 41.0 Å². The van der Waals surface area contributed by atoms with Crippen LogP contribution in [0.1, 0.15) is 66.8 Å². The molecule has 9 heteroatoms. The molecule has 0 bridgehead atoms. The second-order valence-corrected chi connectivity index (χ2v) is 10.5. The predicted octanol–water partition coefficient (Wildman–Crippen LogP) is 5.09. The molecule has 0 spiro atoms. The second kappa shape index (κ2) is 9.56. The first kappa shape index (κ1) is 24.8. The molecule has 0 aromatic heterocycles. The summed E-state index contributed by atoms with van der Waals surface area (Å²) in [5.74, 6) is -4.27. The van der Waals surface area contributed by atoms with Gasteiger partial charge in [-0.3, -0.25) is 14.9 Å². The van der Waals surface area contributed by atoms with Gasteiger partial charge in [0.15, 0.2) is 0 Å². The third kappa shape index (κ3) is 4.10. The quantitative estimate of drug-likeness (QED) is 0.501. The first-order chi connectivity index (χ1) is 17.2. The Morgan fingerprint density at radius 3 is 2.39 bits per heavy atom. The number of amides is 1. The van der Waals surface area contributed by atoms with Crippen molar-refractivity contribution in [2.45, 2.75) is 68.5 Å². The molecule has 2 aromatic carbocycles. The number of carboxylic acid groups (broad SMARTS) is 1. The largest absolute Gasteiger partial charge is 0.480 e. The maximum absolute atomic E-state index is 14.0. The Bertz CT molecular complexity index is 1200. The van der Waals surface area contributed by atoms with E-state index in [1.807, 2.05) is 0 Å². The third-order valence-electron chi connectivity index (χ3n) is 8.09. The number of fused-ring (bicyclic) bond motifs is 2. The molecule has 190 valence electrons. The Morgan fingerprint density at radius 2 is 1.78 bits per heavy atom. The van der Waals surface area contributed by atoms with Gasteiger partial charge >= 0.3 is 5.97 Å². The first-order valence-electron chi connectivity index (χ1n) is 12.3. The molecule has 2 N–H and O–H groups in total. The van der Waals surface area contributed by atoms with Gasteiger partial charge in [-0.25, -0.2) is 8.78 Å². The topological polar surface area (TPSA) is 86.7 Å². The molecule has 4 unspecified atom stereocenters. The summed E-state index contributed by atoms with van der Waals surface area (Å²) in [5, 5.41) is 14.3. The van der Waals surface area contributed by atoms with Crippen molar-refractivity contribution in [3.05, 3.63) is 64.2 Å². The highest BCUT2D eigenvalue weighted by atomic mass is 35.5. The number of anilines is 1. The number of hydrogen-bond donors (Lipinski definition) is 2. The summed E-state index contributed by atoms with van der Waals surface area (Å²) >= 11 is 6.34. The van der Waals surface area contributed by atoms with E-state index in [9.17, 15) is 28.3 Å². The maximum Gasteiger partial charge on any atom is 0.325 e. The van der Waals surface area contributed by atoms with Gasteiger partial charge in [0.05, 0.1) is 0 Å².